The van der Waals surface area contributed by atoms with Crippen molar-refractivity contribution in [2.75, 3.05) is 25.1 Å². The zero-order valence-electron chi connectivity index (χ0n) is 10.2. The number of aliphatic hydroxyl groups excluding tert-OH is 1. The summed E-state index contributed by atoms with van der Waals surface area (Å²) in [7, 11) is 1.52. The predicted molar refractivity (Wildman–Crippen MR) is 67.1 cm³/mol. The average Bonchev–Trinajstić information content (AvgIpc) is 2.38. The summed E-state index contributed by atoms with van der Waals surface area (Å²) in [5, 5.41) is 20.7. The van der Waals surface area contributed by atoms with Crippen LogP contribution >= 0.6 is 0 Å². The van der Waals surface area contributed by atoms with Crippen LogP contribution in [-0.4, -0.2) is 36.3 Å². The van der Waals surface area contributed by atoms with Crippen molar-refractivity contribution in [3.63, 3.8) is 0 Å². The minimum Gasteiger partial charge on any atom is -0.497 e. The van der Waals surface area contributed by atoms with Crippen LogP contribution in [0.3, 0.4) is 0 Å². The van der Waals surface area contributed by atoms with E-state index in [0.717, 1.165) is 12.8 Å². The van der Waals surface area contributed by atoms with E-state index in [2.05, 4.69) is 0 Å². The number of hydrogen-bond donors (Lipinski definition) is 1. The number of methoxy groups -OCH3 is 1. The maximum absolute atomic E-state index is 11.0. The van der Waals surface area contributed by atoms with Gasteiger partial charge in [-0.3, -0.25) is 10.1 Å². The third kappa shape index (κ3) is 2.53. The first-order valence-electron chi connectivity index (χ1n) is 5.87. The molecule has 98 valence electrons. The number of nitro groups is 1. The van der Waals surface area contributed by atoms with Crippen molar-refractivity contribution in [3.8, 4) is 5.75 Å². The summed E-state index contributed by atoms with van der Waals surface area (Å²) in [5.41, 5.74) is 0.558. The Kier molecular flexibility index (Phi) is 3.66. The molecule has 1 N–H and O–H groups in total. The number of nitrogens with zero attached hydrogens (tertiary/aromatic N) is 2. The van der Waals surface area contributed by atoms with E-state index in [1.807, 2.05) is 4.90 Å². The fourth-order valence-corrected chi connectivity index (χ4v) is 2.21. The number of benzene rings is 1. The lowest BCUT2D eigenvalue weighted by Crippen LogP contribution is -2.38. The van der Waals surface area contributed by atoms with E-state index in [9.17, 15) is 15.2 Å². The van der Waals surface area contributed by atoms with Gasteiger partial charge >= 0.3 is 0 Å². The van der Waals surface area contributed by atoms with E-state index in [-0.39, 0.29) is 5.69 Å². The van der Waals surface area contributed by atoms with E-state index in [1.54, 1.807) is 12.1 Å². The molecule has 1 aliphatic rings. The largest absolute Gasteiger partial charge is 0.497 e. The molecule has 0 aromatic heterocycles. The standard InChI is InChI=1S/C12H16N2O4/c1-18-10-4-5-11(14(16)17)12(7-10)13-6-2-3-9(15)8-13/h4-5,7,9,15H,2-3,6,8H2,1H3/t9-/m0/s1. The normalized spacial score (nSPS) is 19.7. The molecule has 1 aromatic carbocycles. The topological polar surface area (TPSA) is 75.8 Å². The number of β-amino-alcohol motifs (C(OH)–C–C–N with tert-alkyl or cyclic N) is 1. The zero-order chi connectivity index (χ0) is 13.1. The lowest BCUT2D eigenvalue weighted by atomic mass is 10.1. The molecule has 0 aliphatic carbocycles. The van der Waals surface area contributed by atoms with E-state index < -0.39 is 11.0 Å². The lowest BCUT2D eigenvalue weighted by molar-refractivity contribution is -0.384. The van der Waals surface area contributed by atoms with Crippen LogP contribution in [0.25, 0.3) is 0 Å². The summed E-state index contributed by atoms with van der Waals surface area (Å²) in [6, 6.07) is 4.66. The first kappa shape index (κ1) is 12.6. The summed E-state index contributed by atoms with van der Waals surface area (Å²) in [6.45, 7) is 1.14. The van der Waals surface area contributed by atoms with Crippen LogP contribution in [0.2, 0.25) is 0 Å². The fraction of sp³-hybridized carbons (Fsp3) is 0.500. The first-order valence-corrected chi connectivity index (χ1v) is 5.87. The van der Waals surface area contributed by atoms with Gasteiger partial charge in [0.25, 0.3) is 5.69 Å². The van der Waals surface area contributed by atoms with E-state index in [4.69, 9.17) is 4.74 Å². The molecule has 0 radical (unpaired) electrons. The number of anilines is 1. The van der Waals surface area contributed by atoms with Crippen LogP contribution in [0.15, 0.2) is 18.2 Å². The number of rotatable bonds is 3. The minimum absolute atomic E-state index is 0.0462. The highest BCUT2D eigenvalue weighted by Gasteiger charge is 2.24. The van der Waals surface area contributed by atoms with Gasteiger partial charge in [0, 0.05) is 25.2 Å². The van der Waals surface area contributed by atoms with Crippen LogP contribution in [0.4, 0.5) is 11.4 Å². The van der Waals surface area contributed by atoms with Crippen LogP contribution in [-0.2, 0) is 0 Å². The third-order valence-corrected chi connectivity index (χ3v) is 3.12. The smallest absolute Gasteiger partial charge is 0.292 e. The molecule has 0 unspecified atom stereocenters. The van der Waals surface area contributed by atoms with Gasteiger partial charge in [-0.2, -0.15) is 0 Å². The second-order valence-electron chi connectivity index (χ2n) is 4.35. The SMILES string of the molecule is COc1ccc([N+](=O)[O-])c(N2CCC[C@H](O)C2)c1. The molecule has 0 amide bonds. The third-order valence-electron chi connectivity index (χ3n) is 3.12. The summed E-state index contributed by atoms with van der Waals surface area (Å²) in [5.74, 6) is 0.579. The Morgan fingerprint density at radius 1 is 1.56 bits per heavy atom. The highest BCUT2D eigenvalue weighted by molar-refractivity contribution is 5.66. The van der Waals surface area contributed by atoms with Crippen molar-refractivity contribution in [3.05, 3.63) is 28.3 Å². The molecule has 2 rings (SSSR count). The molecule has 0 bridgehead atoms. The molecule has 1 saturated heterocycles. The van der Waals surface area contributed by atoms with Crippen molar-refractivity contribution < 1.29 is 14.8 Å². The highest BCUT2D eigenvalue weighted by atomic mass is 16.6. The molecule has 0 spiro atoms. The van der Waals surface area contributed by atoms with Crippen LogP contribution in [0.5, 0.6) is 5.75 Å². The Labute approximate surface area is 105 Å². The van der Waals surface area contributed by atoms with Crippen molar-refractivity contribution in [1.29, 1.82) is 0 Å². The second-order valence-corrected chi connectivity index (χ2v) is 4.35. The van der Waals surface area contributed by atoms with Gasteiger partial charge in [0.2, 0.25) is 0 Å². The van der Waals surface area contributed by atoms with Gasteiger partial charge in [0.1, 0.15) is 11.4 Å². The molecular formula is C12H16N2O4. The zero-order valence-corrected chi connectivity index (χ0v) is 10.2. The van der Waals surface area contributed by atoms with E-state index in [0.29, 0.717) is 24.5 Å². The Hall–Kier alpha value is -1.82. The second kappa shape index (κ2) is 5.22. The number of nitro benzene ring substituents is 1. The van der Waals surface area contributed by atoms with E-state index in [1.165, 1.54) is 13.2 Å². The number of ether oxygens (including phenoxy) is 1. The quantitative estimate of drug-likeness (QED) is 0.652. The number of aliphatic hydroxyl groups is 1. The molecule has 6 nitrogen and oxygen atoms in total. The Balaban J connectivity index is 2.36. The fourth-order valence-electron chi connectivity index (χ4n) is 2.21. The van der Waals surface area contributed by atoms with Gasteiger partial charge in [-0.15, -0.1) is 0 Å². The Morgan fingerprint density at radius 3 is 2.94 bits per heavy atom. The molecule has 1 heterocycles. The summed E-state index contributed by atoms with van der Waals surface area (Å²) >= 11 is 0. The molecule has 1 aromatic rings. The lowest BCUT2D eigenvalue weighted by Gasteiger charge is -2.31. The molecule has 18 heavy (non-hydrogen) atoms. The number of piperidine rings is 1. The first-order chi connectivity index (χ1) is 8.61. The molecular weight excluding hydrogens is 236 g/mol. The highest BCUT2D eigenvalue weighted by Crippen LogP contribution is 2.33. The summed E-state index contributed by atoms with van der Waals surface area (Å²) in [4.78, 5) is 12.5. The van der Waals surface area contributed by atoms with Crippen molar-refractivity contribution in [1.82, 2.24) is 0 Å². The average molecular weight is 252 g/mol. The van der Waals surface area contributed by atoms with Crippen molar-refractivity contribution in [2.24, 2.45) is 0 Å². The monoisotopic (exact) mass is 252 g/mol. The van der Waals surface area contributed by atoms with Gasteiger partial charge in [-0.25, -0.2) is 0 Å². The van der Waals surface area contributed by atoms with Crippen LogP contribution < -0.4 is 9.64 Å². The van der Waals surface area contributed by atoms with Gasteiger partial charge in [-0.05, 0) is 18.9 Å². The molecule has 0 saturated carbocycles. The van der Waals surface area contributed by atoms with Crippen molar-refractivity contribution in [2.45, 2.75) is 18.9 Å². The van der Waals surface area contributed by atoms with Gasteiger partial charge in [0.05, 0.1) is 18.1 Å². The maximum atomic E-state index is 11.0. The number of hydrogen-bond acceptors (Lipinski definition) is 5. The molecule has 1 fully saturated rings. The van der Waals surface area contributed by atoms with Crippen LogP contribution in [0, 0.1) is 10.1 Å². The van der Waals surface area contributed by atoms with Gasteiger partial charge in [-0.1, -0.05) is 0 Å². The Morgan fingerprint density at radius 2 is 2.33 bits per heavy atom. The summed E-state index contributed by atoms with van der Waals surface area (Å²) < 4.78 is 5.10. The minimum atomic E-state index is -0.426. The molecule has 6 heteroatoms. The van der Waals surface area contributed by atoms with Gasteiger partial charge in [0.15, 0.2) is 0 Å². The molecule has 1 atom stereocenters. The summed E-state index contributed by atoms with van der Waals surface area (Å²) in [6.07, 6.45) is 1.15. The van der Waals surface area contributed by atoms with Crippen molar-refractivity contribution >= 4 is 11.4 Å². The van der Waals surface area contributed by atoms with Gasteiger partial charge < -0.3 is 14.7 Å². The maximum Gasteiger partial charge on any atom is 0.292 e. The molecule has 1 aliphatic heterocycles. The Bertz CT molecular complexity index is 450. The predicted octanol–water partition coefficient (Wildman–Crippen LogP) is 1.56. The van der Waals surface area contributed by atoms with E-state index >= 15 is 0 Å². The van der Waals surface area contributed by atoms with Crippen LogP contribution in [0.1, 0.15) is 12.8 Å².